The molecule has 5 heteroatoms. The van der Waals surface area contributed by atoms with Crippen molar-refractivity contribution in [2.45, 2.75) is 38.8 Å². The van der Waals surface area contributed by atoms with Crippen molar-refractivity contribution in [3.05, 3.63) is 29.8 Å². The Balaban J connectivity index is 2.39. The molecule has 1 unspecified atom stereocenters. The van der Waals surface area contributed by atoms with Gasteiger partial charge in [0.2, 0.25) is 0 Å². The summed E-state index contributed by atoms with van der Waals surface area (Å²) in [5, 5.41) is 0. The van der Waals surface area contributed by atoms with Crippen LogP contribution in [0.25, 0.3) is 11.0 Å². The standard InChI is InChI=1S/C15H22FN3O/c1-10(2)19-14-9-11(16)6-7-13(14)18-15(19)12(17)5-4-8-20-3/h6-7,9-10,12H,4-5,8,17H2,1-3H3. The highest BCUT2D eigenvalue weighted by molar-refractivity contribution is 5.76. The number of nitrogens with zero attached hydrogens (tertiary/aromatic N) is 2. The number of rotatable bonds is 6. The lowest BCUT2D eigenvalue weighted by atomic mass is 10.1. The van der Waals surface area contributed by atoms with Crippen molar-refractivity contribution >= 4 is 11.0 Å². The normalized spacial score (nSPS) is 13.3. The van der Waals surface area contributed by atoms with Gasteiger partial charge in [0, 0.05) is 19.8 Å². The quantitative estimate of drug-likeness (QED) is 0.826. The van der Waals surface area contributed by atoms with Crippen molar-refractivity contribution < 1.29 is 9.13 Å². The smallest absolute Gasteiger partial charge is 0.127 e. The molecule has 0 aliphatic rings. The number of nitrogens with two attached hydrogens (primary N) is 1. The van der Waals surface area contributed by atoms with E-state index < -0.39 is 0 Å². The van der Waals surface area contributed by atoms with E-state index >= 15 is 0 Å². The van der Waals surface area contributed by atoms with Gasteiger partial charge in [-0.1, -0.05) is 0 Å². The third-order valence-electron chi connectivity index (χ3n) is 3.39. The van der Waals surface area contributed by atoms with E-state index in [0.717, 1.165) is 29.7 Å². The molecule has 1 heterocycles. The summed E-state index contributed by atoms with van der Waals surface area (Å²) in [7, 11) is 1.68. The molecule has 20 heavy (non-hydrogen) atoms. The molecular weight excluding hydrogens is 257 g/mol. The Morgan fingerprint density at radius 2 is 2.15 bits per heavy atom. The second kappa shape index (κ2) is 6.33. The first-order valence-corrected chi connectivity index (χ1v) is 6.96. The Morgan fingerprint density at radius 3 is 2.80 bits per heavy atom. The molecule has 1 aromatic carbocycles. The van der Waals surface area contributed by atoms with E-state index in [2.05, 4.69) is 18.8 Å². The molecule has 1 aromatic heterocycles. The topological polar surface area (TPSA) is 53.1 Å². The average Bonchev–Trinajstić information content (AvgIpc) is 2.77. The molecule has 0 saturated carbocycles. The van der Waals surface area contributed by atoms with Crippen molar-refractivity contribution in [3.8, 4) is 0 Å². The fourth-order valence-corrected chi connectivity index (χ4v) is 2.47. The molecule has 0 bridgehead atoms. The van der Waals surface area contributed by atoms with Crippen molar-refractivity contribution in [1.82, 2.24) is 9.55 Å². The lowest BCUT2D eigenvalue weighted by Gasteiger charge is -2.17. The van der Waals surface area contributed by atoms with Gasteiger partial charge in [0.1, 0.15) is 11.6 Å². The minimum atomic E-state index is -0.251. The third kappa shape index (κ3) is 2.99. The summed E-state index contributed by atoms with van der Waals surface area (Å²) < 4.78 is 20.5. The Kier molecular flexibility index (Phi) is 4.73. The van der Waals surface area contributed by atoms with Crippen LogP contribution in [-0.4, -0.2) is 23.3 Å². The zero-order chi connectivity index (χ0) is 14.7. The molecule has 0 saturated heterocycles. The van der Waals surface area contributed by atoms with Gasteiger partial charge in [-0.15, -0.1) is 0 Å². The van der Waals surface area contributed by atoms with E-state index in [1.807, 2.05) is 4.57 Å². The Labute approximate surface area is 118 Å². The first-order valence-electron chi connectivity index (χ1n) is 6.96. The molecule has 0 aliphatic heterocycles. The molecule has 1 atom stereocenters. The number of hydrogen-bond donors (Lipinski definition) is 1. The maximum atomic E-state index is 13.4. The molecular formula is C15H22FN3O. The second-order valence-electron chi connectivity index (χ2n) is 5.31. The van der Waals surface area contributed by atoms with Crippen LogP contribution in [0.2, 0.25) is 0 Å². The van der Waals surface area contributed by atoms with Crippen molar-refractivity contribution in [2.24, 2.45) is 5.73 Å². The maximum Gasteiger partial charge on any atom is 0.127 e. The van der Waals surface area contributed by atoms with Crippen molar-refractivity contribution in [1.29, 1.82) is 0 Å². The van der Waals surface area contributed by atoms with Crippen LogP contribution in [0.1, 0.15) is 44.6 Å². The monoisotopic (exact) mass is 279 g/mol. The van der Waals surface area contributed by atoms with Gasteiger partial charge in [-0.05, 0) is 44.9 Å². The summed E-state index contributed by atoms with van der Waals surface area (Å²) in [6, 6.07) is 4.68. The van der Waals surface area contributed by atoms with Gasteiger partial charge in [-0.2, -0.15) is 0 Å². The van der Waals surface area contributed by atoms with Crippen molar-refractivity contribution in [3.63, 3.8) is 0 Å². The number of methoxy groups -OCH3 is 1. The average molecular weight is 279 g/mol. The van der Waals surface area contributed by atoms with Gasteiger partial charge in [-0.3, -0.25) is 0 Å². The molecule has 2 N–H and O–H groups in total. The first-order chi connectivity index (χ1) is 9.54. The summed E-state index contributed by atoms with van der Waals surface area (Å²) in [4.78, 5) is 4.58. The van der Waals surface area contributed by atoms with Crippen LogP contribution in [0.3, 0.4) is 0 Å². The van der Waals surface area contributed by atoms with Gasteiger partial charge >= 0.3 is 0 Å². The summed E-state index contributed by atoms with van der Waals surface area (Å²) in [5.74, 6) is 0.565. The van der Waals surface area contributed by atoms with Crippen LogP contribution in [0.4, 0.5) is 4.39 Å². The first kappa shape index (κ1) is 14.9. The molecule has 0 spiro atoms. The largest absolute Gasteiger partial charge is 0.385 e. The molecule has 0 radical (unpaired) electrons. The number of halogens is 1. The molecule has 4 nitrogen and oxygen atoms in total. The van der Waals surface area contributed by atoms with Gasteiger partial charge in [0.25, 0.3) is 0 Å². The van der Waals surface area contributed by atoms with Crippen LogP contribution in [0.5, 0.6) is 0 Å². The third-order valence-corrected chi connectivity index (χ3v) is 3.39. The van der Waals surface area contributed by atoms with E-state index in [0.29, 0.717) is 6.61 Å². The SMILES string of the molecule is COCCCC(N)c1nc2ccc(F)cc2n1C(C)C. The molecule has 2 rings (SSSR count). The summed E-state index contributed by atoms with van der Waals surface area (Å²) >= 11 is 0. The fraction of sp³-hybridized carbons (Fsp3) is 0.533. The van der Waals surface area contributed by atoms with E-state index in [4.69, 9.17) is 10.5 Å². The zero-order valence-electron chi connectivity index (χ0n) is 12.3. The summed E-state index contributed by atoms with van der Waals surface area (Å²) in [6.07, 6.45) is 1.68. The van der Waals surface area contributed by atoms with Gasteiger partial charge in [0.05, 0.1) is 17.1 Å². The molecule has 0 amide bonds. The lowest BCUT2D eigenvalue weighted by Crippen LogP contribution is -2.18. The predicted octanol–water partition coefficient (Wildman–Crippen LogP) is 3.18. The van der Waals surface area contributed by atoms with E-state index in [1.165, 1.54) is 12.1 Å². The highest BCUT2D eigenvalue weighted by Gasteiger charge is 2.19. The number of fused-ring (bicyclic) bond motifs is 1. The Morgan fingerprint density at radius 1 is 1.40 bits per heavy atom. The molecule has 0 fully saturated rings. The van der Waals surface area contributed by atoms with E-state index in [1.54, 1.807) is 13.2 Å². The Hall–Kier alpha value is -1.46. The lowest BCUT2D eigenvalue weighted by molar-refractivity contribution is 0.190. The highest BCUT2D eigenvalue weighted by Crippen LogP contribution is 2.26. The van der Waals surface area contributed by atoms with Gasteiger partial charge < -0.3 is 15.0 Å². The minimum Gasteiger partial charge on any atom is -0.385 e. The summed E-state index contributed by atoms with van der Waals surface area (Å²) in [5.41, 5.74) is 7.84. The highest BCUT2D eigenvalue weighted by atomic mass is 19.1. The minimum absolute atomic E-state index is 0.164. The van der Waals surface area contributed by atoms with Crippen LogP contribution in [-0.2, 0) is 4.74 Å². The van der Waals surface area contributed by atoms with Crippen molar-refractivity contribution in [2.75, 3.05) is 13.7 Å². The van der Waals surface area contributed by atoms with Crippen LogP contribution >= 0.6 is 0 Å². The fourth-order valence-electron chi connectivity index (χ4n) is 2.47. The van der Waals surface area contributed by atoms with E-state index in [9.17, 15) is 4.39 Å². The Bertz CT molecular complexity index is 580. The molecule has 0 aliphatic carbocycles. The number of ether oxygens (including phenoxy) is 1. The summed E-state index contributed by atoms with van der Waals surface area (Å²) in [6.45, 7) is 4.79. The van der Waals surface area contributed by atoms with Crippen LogP contribution in [0.15, 0.2) is 18.2 Å². The van der Waals surface area contributed by atoms with Crippen LogP contribution < -0.4 is 5.73 Å². The number of hydrogen-bond acceptors (Lipinski definition) is 3. The number of benzene rings is 1. The van der Waals surface area contributed by atoms with E-state index in [-0.39, 0.29) is 17.9 Å². The van der Waals surface area contributed by atoms with Crippen LogP contribution in [0, 0.1) is 5.82 Å². The number of aromatic nitrogens is 2. The number of imidazole rings is 1. The molecule has 110 valence electrons. The van der Waals surface area contributed by atoms with Gasteiger partial charge in [-0.25, -0.2) is 9.37 Å². The predicted molar refractivity (Wildman–Crippen MR) is 78.1 cm³/mol. The zero-order valence-corrected chi connectivity index (χ0v) is 12.3. The van der Waals surface area contributed by atoms with Gasteiger partial charge in [0.15, 0.2) is 0 Å². The second-order valence-corrected chi connectivity index (χ2v) is 5.31. The maximum absolute atomic E-state index is 13.4. The molecule has 2 aromatic rings.